The number of hydrogen-bond acceptors (Lipinski definition) is 3. The molecule has 1 aromatic carbocycles. The smallest absolute Gasteiger partial charge is 0.250 e. The summed E-state index contributed by atoms with van der Waals surface area (Å²) in [4.78, 5) is 26.3. The lowest BCUT2D eigenvalue weighted by molar-refractivity contribution is -0.135. The van der Waals surface area contributed by atoms with Gasteiger partial charge in [-0.15, -0.1) is 0 Å². The first-order valence-corrected chi connectivity index (χ1v) is 7.94. The van der Waals surface area contributed by atoms with Crippen LogP contribution < -0.4 is 10.9 Å². The number of nitrogens with zero attached hydrogens (tertiary/aromatic N) is 2. The minimum Gasteiger partial charge on any atom is -0.331 e. The summed E-state index contributed by atoms with van der Waals surface area (Å²) in [6, 6.07) is 12.3. The molecule has 5 nitrogen and oxygen atoms in total. The molecule has 1 amide bonds. The highest BCUT2D eigenvalue weighted by atomic mass is 35.5. The van der Waals surface area contributed by atoms with Gasteiger partial charge < -0.3 is 14.8 Å². The molecule has 23 heavy (non-hydrogen) atoms. The maximum Gasteiger partial charge on any atom is 0.250 e. The first kappa shape index (κ1) is 15.8. The number of piperazine rings is 1. The van der Waals surface area contributed by atoms with E-state index >= 15 is 0 Å². The van der Waals surface area contributed by atoms with Crippen molar-refractivity contribution in [2.24, 2.45) is 0 Å². The molecule has 1 aliphatic heterocycles. The van der Waals surface area contributed by atoms with E-state index in [1.165, 1.54) is 10.6 Å². The van der Waals surface area contributed by atoms with Gasteiger partial charge in [0.15, 0.2) is 0 Å². The van der Waals surface area contributed by atoms with Gasteiger partial charge in [0.05, 0.1) is 6.04 Å². The van der Waals surface area contributed by atoms with Crippen molar-refractivity contribution in [2.75, 3.05) is 19.6 Å². The van der Waals surface area contributed by atoms with Crippen LogP contribution >= 0.6 is 11.6 Å². The highest BCUT2D eigenvalue weighted by Crippen LogP contribution is 2.28. The molecule has 0 saturated carbocycles. The summed E-state index contributed by atoms with van der Waals surface area (Å²) in [6.45, 7) is 2.02. The summed E-state index contributed by atoms with van der Waals surface area (Å²) in [5.74, 6) is -0.0790. The Morgan fingerprint density at radius 3 is 2.78 bits per heavy atom. The molecule has 1 atom stereocenters. The van der Waals surface area contributed by atoms with Crippen LogP contribution in [0.4, 0.5) is 0 Å². The number of amides is 1. The van der Waals surface area contributed by atoms with Gasteiger partial charge in [-0.2, -0.15) is 0 Å². The van der Waals surface area contributed by atoms with Crippen LogP contribution in [-0.4, -0.2) is 35.0 Å². The second-order valence-corrected chi connectivity index (χ2v) is 5.90. The number of carbonyl (C=O) groups excluding carboxylic acids is 1. The number of nitrogens with one attached hydrogen (secondary N) is 1. The topological polar surface area (TPSA) is 54.3 Å². The maximum atomic E-state index is 12.7. The fourth-order valence-electron chi connectivity index (χ4n) is 2.85. The third kappa shape index (κ3) is 3.46. The van der Waals surface area contributed by atoms with Crippen molar-refractivity contribution in [3.8, 4) is 0 Å². The van der Waals surface area contributed by atoms with Crippen LogP contribution in [0, 0.1) is 0 Å². The van der Waals surface area contributed by atoms with Gasteiger partial charge in [0, 0.05) is 36.9 Å². The molecule has 0 bridgehead atoms. The molecular formula is C17H18ClN3O2. The summed E-state index contributed by atoms with van der Waals surface area (Å²) in [7, 11) is 0. The number of halogens is 1. The second-order valence-electron chi connectivity index (χ2n) is 5.50. The molecule has 1 aromatic heterocycles. The molecule has 0 spiro atoms. The molecule has 1 saturated heterocycles. The average molecular weight is 332 g/mol. The minimum atomic E-state index is -0.176. The monoisotopic (exact) mass is 331 g/mol. The lowest BCUT2D eigenvalue weighted by Gasteiger charge is -2.37. The zero-order valence-corrected chi connectivity index (χ0v) is 13.4. The van der Waals surface area contributed by atoms with Gasteiger partial charge in [-0.1, -0.05) is 35.9 Å². The average Bonchev–Trinajstić information content (AvgIpc) is 2.57. The highest BCUT2D eigenvalue weighted by Gasteiger charge is 2.29. The van der Waals surface area contributed by atoms with Crippen LogP contribution in [0.3, 0.4) is 0 Å². The number of pyridine rings is 1. The zero-order chi connectivity index (χ0) is 16.2. The van der Waals surface area contributed by atoms with Crippen molar-refractivity contribution in [1.82, 2.24) is 14.8 Å². The Hall–Kier alpha value is -2.11. The molecule has 2 aromatic rings. The Balaban J connectivity index is 1.84. The molecular weight excluding hydrogens is 314 g/mol. The number of rotatable bonds is 3. The van der Waals surface area contributed by atoms with Crippen molar-refractivity contribution in [3.05, 3.63) is 69.6 Å². The lowest BCUT2D eigenvalue weighted by atomic mass is 10.0. The summed E-state index contributed by atoms with van der Waals surface area (Å²) >= 11 is 6.29. The molecule has 0 aliphatic carbocycles. The molecule has 0 radical (unpaired) electrons. The third-order valence-electron chi connectivity index (χ3n) is 4.03. The summed E-state index contributed by atoms with van der Waals surface area (Å²) < 4.78 is 1.42. The minimum absolute atomic E-state index is 0.0423. The first-order valence-electron chi connectivity index (χ1n) is 7.57. The van der Waals surface area contributed by atoms with Gasteiger partial charge >= 0.3 is 0 Å². The Kier molecular flexibility index (Phi) is 4.79. The van der Waals surface area contributed by atoms with Crippen LogP contribution in [0.1, 0.15) is 11.6 Å². The molecule has 1 fully saturated rings. The van der Waals surface area contributed by atoms with E-state index in [0.29, 0.717) is 18.1 Å². The third-order valence-corrected chi connectivity index (χ3v) is 4.38. The Labute approximate surface area is 139 Å². The van der Waals surface area contributed by atoms with Gasteiger partial charge in [0.25, 0.3) is 5.56 Å². The van der Waals surface area contributed by atoms with Crippen molar-refractivity contribution in [2.45, 2.75) is 12.6 Å². The van der Waals surface area contributed by atoms with E-state index in [1.807, 2.05) is 24.3 Å². The van der Waals surface area contributed by atoms with Crippen molar-refractivity contribution >= 4 is 17.5 Å². The van der Waals surface area contributed by atoms with Gasteiger partial charge in [-0.25, -0.2) is 0 Å². The number of carbonyl (C=O) groups is 1. The Bertz CT molecular complexity index is 759. The summed E-state index contributed by atoms with van der Waals surface area (Å²) in [6.07, 6.45) is 1.63. The standard InChI is InChI=1S/C17H18ClN3O2/c18-14-6-2-1-5-13(14)15-11-19-8-10-21(15)17(23)12-20-9-4-3-7-16(20)22/h1-7,9,15,19H,8,10-12H2. The van der Waals surface area contributed by atoms with Crippen LogP contribution in [0.25, 0.3) is 0 Å². The zero-order valence-electron chi connectivity index (χ0n) is 12.6. The van der Waals surface area contributed by atoms with Crippen LogP contribution in [0.5, 0.6) is 0 Å². The van der Waals surface area contributed by atoms with Crippen molar-refractivity contribution in [3.63, 3.8) is 0 Å². The van der Waals surface area contributed by atoms with E-state index < -0.39 is 0 Å². The lowest BCUT2D eigenvalue weighted by Crippen LogP contribution is -2.50. The molecule has 120 valence electrons. The Morgan fingerprint density at radius 2 is 2.00 bits per heavy atom. The maximum absolute atomic E-state index is 12.7. The SMILES string of the molecule is O=C(Cn1ccccc1=O)N1CCNCC1c1ccccc1Cl. The molecule has 3 rings (SSSR count). The van der Waals surface area contributed by atoms with Crippen LogP contribution in [-0.2, 0) is 11.3 Å². The predicted molar refractivity (Wildman–Crippen MR) is 89.5 cm³/mol. The Morgan fingerprint density at radius 1 is 1.22 bits per heavy atom. The van der Waals surface area contributed by atoms with Crippen LogP contribution in [0.15, 0.2) is 53.5 Å². The highest BCUT2D eigenvalue weighted by molar-refractivity contribution is 6.31. The fourth-order valence-corrected chi connectivity index (χ4v) is 3.12. The van der Waals surface area contributed by atoms with E-state index in [-0.39, 0.29) is 24.1 Å². The van der Waals surface area contributed by atoms with E-state index in [2.05, 4.69) is 5.32 Å². The quantitative estimate of drug-likeness (QED) is 0.931. The molecule has 6 heteroatoms. The van der Waals surface area contributed by atoms with E-state index in [1.54, 1.807) is 23.2 Å². The molecule has 2 heterocycles. The largest absolute Gasteiger partial charge is 0.331 e. The molecule has 1 unspecified atom stereocenters. The van der Waals surface area contributed by atoms with Gasteiger partial charge in [-0.3, -0.25) is 9.59 Å². The van der Waals surface area contributed by atoms with E-state index in [9.17, 15) is 9.59 Å². The summed E-state index contributed by atoms with van der Waals surface area (Å²) in [5.41, 5.74) is 0.750. The number of hydrogen-bond donors (Lipinski definition) is 1. The van der Waals surface area contributed by atoms with Gasteiger partial charge in [0.1, 0.15) is 6.54 Å². The molecule has 1 N–H and O–H groups in total. The second kappa shape index (κ2) is 6.98. The summed E-state index contributed by atoms with van der Waals surface area (Å²) in [5, 5.41) is 3.95. The fraction of sp³-hybridized carbons (Fsp3) is 0.294. The van der Waals surface area contributed by atoms with Crippen LogP contribution in [0.2, 0.25) is 5.02 Å². The predicted octanol–water partition coefficient (Wildman–Crippen LogP) is 1.67. The van der Waals surface area contributed by atoms with Crippen molar-refractivity contribution < 1.29 is 4.79 Å². The van der Waals surface area contributed by atoms with Crippen molar-refractivity contribution in [1.29, 1.82) is 0 Å². The normalized spacial score (nSPS) is 18.0. The van der Waals surface area contributed by atoms with Gasteiger partial charge in [-0.05, 0) is 17.7 Å². The number of benzene rings is 1. The van der Waals surface area contributed by atoms with E-state index in [4.69, 9.17) is 11.6 Å². The number of aromatic nitrogens is 1. The molecule has 1 aliphatic rings. The van der Waals surface area contributed by atoms with E-state index in [0.717, 1.165) is 12.1 Å². The van der Waals surface area contributed by atoms with Gasteiger partial charge in [0.2, 0.25) is 5.91 Å². The first-order chi connectivity index (χ1) is 11.2.